The lowest BCUT2D eigenvalue weighted by Gasteiger charge is -2.30. The first-order chi connectivity index (χ1) is 17.4. The molecule has 1 aliphatic heterocycles. The summed E-state index contributed by atoms with van der Waals surface area (Å²) in [6.07, 6.45) is 7.43. The van der Waals surface area contributed by atoms with Gasteiger partial charge in [0.1, 0.15) is 17.3 Å². The Balaban J connectivity index is 1.55. The van der Waals surface area contributed by atoms with Crippen LogP contribution in [0.15, 0.2) is 42.6 Å². The maximum atomic E-state index is 13.5. The van der Waals surface area contributed by atoms with Crippen molar-refractivity contribution < 1.29 is 9.18 Å². The predicted octanol–water partition coefficient (Wildman–Crippen LogP) is 6.59. The fraction of sp³-hybridized carbons (Fsp3) is 0.370. The number of Topliss-reactive ketones (excluding diaryl/α,β-unsaturated/α-hetero) is 1. The number of aromatic nitrogens is 3. The number of hydrogen-bond donors (Lipinski definition) is 0. The van der Waals surface area contributed by atoms with Crippen molar-refractivity contribution in [1.82, 2.24) is 18.7 Å². The molecular weight excluding hydrogens is 493 g/mol. The number of halogens is 1. The molecule has 6 nitrogen and oxygen atoms in total. The van der Waals surface area contributed by atoms with Crippen molar-refractivity contribution in [1.29, 1.82) is 0 Å². The molecule has 1 aliphatic rings. The second kappa shape index (κ2) is 10.3. The van der Waals surface area contributed by atoms with Gasteiger partial charge in [0.15, 0.2) is 10.9 Å². The Hall–Kier alpha value is -2.75. The van der Waals surface area contributed by atoms with Crippen LogP contribution >= 0.6 is 23.3 Å². The zero-order valence-corrected chi connectivity index (χ0v) is 22.6. The molecule has 0 saturated carbocycles. The lowest BCUT2D eigenvalue weighted by molar-refractivity contribution is 0.102. The van der Waals surface area contributed by atoms with Gasteiger partial charge >= 0.3 is 0 Å². The van der Waals surface area contributed by atoms with Crippen LogP contribution in [0.2, 0.25) is 0 Å². The number of benzene rings is 1. The molecule has 36 heavy (non-hydrogen) atoms. The summed E-state index contributed by atoms with van der Waals surface area (Å²) in [5.74, 6) is 1.12. The van der Waals surface area contributed by atoms with E-state index in [1.54, 1.807) is 19.1 Å². The summed E-state index contributed by atoms with van der Waals surface area (Å²) in [6, 6.07) is 10.5. The van der Waals surface area contributed by atoms with Gasteiger partial charge in [-0.3, -0.25) is 13.5 Å². The summed E-state index contributed by atoms with van der Waals surface area (Å²) in [5.41, 5.74) is 4.53. The Bertz CT molecular complexity index is 1390. The van der Waals surface area contributed by atoms with Crippen molar-refractivity contribution in [2.45, 2.75) is 39.0 Å². The van der Waals surface area contributed by atoms with E-state index in [1.807, 2.05) is 23.9 Å². The molecular formula is C27H30FN5OS2. The van der Waals surface area contributed by atoms with E-state index in [0.29, 0.717) is 21.6 Å². The largest absolute Gasteiger partial charge is 0.305 e. The minimum absolute atomic E-state index is 0.0563. The summed E-state index contributed by atoms with van der Waals surface area (Å²) < 4.78 is 18.1. The van der Waals surface area contributed by atoms with Crippen LogP contribution in [0.1, 0.15) is 53.5 Å². The number of imidazole rings is 1. The first-order valence-corrected chi connectivity index (χ1v) is 14.2. The Kier molecular flexibility index (Phi) is 7.14. The summed E-state index contributed by atoms with van der Waals surface area (Å²) in [5, 5.41) is 0.703. The Morgan fingerprint density at radius 1 is 1.17 bits per heavy atom. The van der Waals surface area contributed by atoms with E-state index in [0.717, 1.165) is 55.1 Å². The van der Waals surface area contributed by atoms with E-state index in [9.17, 15) is 9.18 Å². The highest BCUT2D eigenvalue weighted by Crippen LogP contribution is 2.38. The number of thiazole rings is 1. The third kappa shape index (κ3) is 4.67. The van der Waals surface area contributed by atoms with Crippen LogP contribution in [0.25, 0.3) is 16.9 Å². The molecule has 0 amide bonds. The molecule has 4 aromatic rings. The van der Waals surface area contributed by atoms with Gasteiger partial charge in [0, 0.05) is 38.8 Å². The summed E-state index contributed by atoms with van der Waals surface area (Å²) in [6.45, 7) is 5.84. The van der Waals surface area contributed by atoms with Crippen LogP contribution in [0.4, 0.5) is 15.3 Å². The van der Waals surface area contributed by atoms with Gasteiger partial charge in [0.2, 0.25) is 0 Å². The minimum Gasteiger partial charge on any atom is -0.305 e. The van der Waals surface area contributed by atoms with Gasteiger partial charge in [0.25, 0.3) is 0 Å². The quantitative estimate of drug-likeness (QED) is 0.201. The van der Waals surface area contributed by atoms with Crippen LogP contribution in [-0.4, -0.2) is 50.9 Å². The average Bonchev–Trinajstić information content (AvgIpc) is 3.51. The number of pyridine rings is 1. The number of hydrogen-bond acceptors (Lipinski definition) is 7. The molecule has 0 N–H and O–H groups in total. The number of ketones is 1. The Morgan fingerprint density at radius 2 is 1.89 bits per heavy atom. The average molecular weight is 524 g/mol. The van der Waals surface area contributed by atoms with Gasteiger partial charge in [-0.05, 0) is 67.3 Å². The zero-order valence-electron chi connectivity index (χ0n) is 21.0. The molecule has 0 spiro atoms. The predicted molar refractivity (Wildman–Crippen MR) is 147 cm³/mol. The van der Waals surface area contributed by atoms with Crippen LogP contribution < -0.4 is 4.90 Å². The molecule has 9 heteroatoms. The molecule has 0 bridgehead atoms. The summed E-state index contributed by atoms with van der Waals surface area (Å²) >= 11 is 3.18. The standard InChI is InChI=1S/C27H30FN5OS2/c1-5-22-26(33-16-20(8-11-23(33)29-22)18-12-14-32(35-4)15-13-18)31(3)27-30-24(25(36-27)17(2)34)19-6-9-21(28)10-7-19/h6-11,16,18H,5,12-15H2,1-4H3. The van der Waals surface area contributed by atoms with Crippen molar-refractivity contribution in [3.05, 3.63) is 64.5 Å². The number of anilines is 2. The van der Waals surface area contributed by atoms with Gasteiger partial charge in [-0.1, -0.05) is 36.3 Å². The minimum atomic E-state index is -0.316. The van der Waals surface area contributed by atoms with Crippen molar-refractivity contribution >= 4 is 45.7 Å². The van der Waals surface area contributed by atoms with Gasteiger partial charge in [-0.25, -0.2) is 14.4 Å². The maximum Gasteiger partial charge on any atom is 0.192 e. The van der Waals surface area contributed by atoms with Crippen molar-refractivity contribution in [3.63, 3.8) is 0 Å². The molecule has 4 heterocycles. The Morgan fingerprint density at radius 3 is 2.53 bits per heavy atom. The first-order valence-electron chi connectivity index (χ1n) is 12.2. The van der Waals surface area contributed by atoms with Crippen LogP contribution in [0, 0.1) is 5.82 Å². The number of nitrogens with zero attached hydrogens (tertiary/aromatic N) is 5. The SMILES string of the molecule is CCc1nc2ccc(C3CCN(SC)CC3)cn2c1N(C)c1nc(-c2ccc(F)cc2)c(C(C)=O)s1. The molecule has 3 aromatic heterocycles. The fourth-order valence-electron chi connectivity index (χ4n) is 4.89. The highest BCUT2D eigenvalue weighted by Gasteiger charge is 2.25. The molecule has 1 aromatic carbocycles. The highest BCUT2D eigenvalue weighted by atomic mass is 32.2. The van der Waals surface area contributed by atoms with Gasteiger partial charge in [0.05, 0.1) is 16.3 Å². The highest BCUT2D eigenvalue weighted by molar-refractivity contribution is 7.96. The van der Waals surface area contributed by atoms with Crippen molar-refractivity contribution in [2.75, 3.05) is 31.3 Å². The number of rotatable bonds is 7. The number of carbonyl (C=O) groups excluding carboxylic acids is 1. The normalized spacial score (nSPS) is 15.0. The molecule has 0 radical (unpaired) electrons. The number of carbonyl (C=O) groups is 1. The molecule has 0 aliphatic carbocycles. The number of fused-ring (bicyclic) bond motifs is 1. The van der Waals surface area contributed by atoms with E-state index in [4.69, 9.17) is 9.97 Å². The fourth-order valence-corrected chi connectivity index (χ4v) is 6.41. The molecule has 0 atom stereocenters. The number of piperidine rings is 1. The van der Waals surface area contributed by atoms with Crippen molar-refractivity contribution in [3.8, 4) is 11.3 Å². The first kappa shape index (κ1) is 24.9. The van der Waals surface area contributed by atoms with E-state index in [1.165, 1.54) is 29.0 Å². The smallest absolute Gasteiger partial charge is 0.192 e. The lowest BCUT2D eigenvalue weighted by atomic mass is 9.91. The van der Waals surface area contributed by atoms with Crippen molar-refractivity contribution in [2.24, 2.45) is 0 Å². The molecule has 0 unspecified atom stereocenters. The summed E-state index contributed by atoms with van der Waals surface area (Å²) in [7, 11) is 1.98. The Labute approximate surface area is 219 Å². The third-order valence-electron chi connectivity index (χ3n) is 6.86. The van der Waals surface area contributed by atoms with Crippen LogP contribution in [0.3, 0.4) is 0 Å². The molecule has 188 valence electrons. The van der Waals surface area contributed by atoms with E-state index in [-0.39, 0.29) is 11.6 Å². The second-order valence-corrected chi connectivity index (χ2v) is 11.0. The van der Waals surface area contributed by atoms with Gasteiger partial charge in [-0.2, -0.15) is 0 Å². The lowest BCUT2D eigenvalue weighted by Crippen LogP contribution is -2.27. The second-order valence-electron chi connectivity index (χ2n) is 9.11. The van der Waals surface area contributed by atoms with Gasteiger partial charge < -0.3 is 4.90 Å². The zero-order chi connectivity index (χ0) is 25.4. The monoisotopic (exact) mass is 523 g/mol. The topological polar surface area (TPSA) is 53.7 Å². The van der Waals surface area contributed by atoms with E-state index >= 15 is 0 Å². The van der Waals surface area contributed by atoms with E-state index in [2.05, 4.69) is 40.2 Å². The number of aryl methyl sites for hydroxylation is 1. The van der Waals surface area contributed by atoms with Crippen LogP contribution in [0.5, 0.6) is 0 Å². The maximum absolute atomic E-state index is 13.5. The summed E-state index contributed by atoms with van der Waals surface area (Å²) in [4.78, 5) is 24.8. The van der Waals surface area contributed by atoms with Crippen LogP contribution in [-0.2, 0) is 6.42 Å². The third-order valence-corrected chi connectivity index (χ3v) is 8.98. The molecule has 5 rings (SSSR count). The van der Waals surface area contributed by atoms with E-state index < -0.39 is 0 Å². The van der Waals surface area contributed by atoms with Gasteiger partial charge in [-0.15, -0.1) is 0 Å². The molecule has 1 fully saturated rings. The molecule has 1 saturated heterocycles.